The number of carboxylic acid groups (broad SMARTS) is 1. The van der Waals surface area contributed by atoms with Crippen molar-refractivity contribution in [3.05, 3.63) is 40.2 Å². The average molecular weight is 1090 g/mol. The van der Waals surface area contributed by atoms with Crippen LogP contribution in [0.25, 0.3) is 10.9 Å². The monoisotopic (exact) mass is 1090 g/mol. The topological polar surface area (TPSA) is 273 Å². The number of nitrogens with one attached hydrogen (secondary N) is 1. The SMILES string of the molecule is CC[C@H]1OC(=O)[C@H](C)[C@@H](O[C@H]2C[C@@](C)(OC)[C@@H](OC(=O)CCNCCOc3ccc4c(=O)c(C(=O)O)cn(N(C)C)c4c3)[C@H](C)O2)[C@H](C)[C@@H](O[C@@H]2O[C@H](C)C[C@H](N(C)C)[C@H]2O)[C@](C)(OC)C[C@@H](C)C(=O)[C@H](C)[C@@H](O)[C@]1(C)O. The maximum atomic E-state index is 14.6. The van der Waals surface area contributed by atoms with Crippen LogP contribution in [0.4, 0.5) is 0 Å². The molecule has 3 aliphatic rings. The number of aliphatic hydroxyl groups is 3. The van der Waals surface area contributed by atoms with Crippen molar-refractivity contribution in [2.75, 3.05) is 67.1 Å². The Morgan fingerprint density at radius 2 is 1.53 bits per heavy atom. The molecule has 0 radical (unpaired) electrons. The van der Waals surface area contributed by atoms with Gasteiger partial charge in [-0.15, -0.1) is 0 Å². The predicted octanol–water partition coefficient (Wildman–Crippen LogP) is 3.26. The number of fused-ring (bicyclic) bond motifs is 1. The summed E-state index contributed by atoms with van der Waals surface area (Å²) in [5.41, 5.74) is -5.03. The van der Waals surface area contributed by atoms with Gasteiger partial charge in [0.1, 0.15) is 47.1 Å². The summed E-state index contributed by atoms with van der Waals surface area (Å²) in [6, 6.07) is 4.43. The van der Waals surface area contributed by atoms with E-state index in [0.29, 0.717) is 24.2 Å². The van der Waals surface area contributed by atoms with Crippen molar-refractivity contribution in [2.45, 2.75) is 186 Å². The van der Waals surface area contributed by atoms with E-state index in [1.54, 1.807) is 77.5 Å². The lowest BCUT2D eigenvalue weighted by Crippen LogP contribution is -2.61. The summed E-state index contributed by atoms with van der Waals surface area (Å²) in [6.45, 7) is 17.7. The number of aromatic nitrogens is 1. The molecule has 5 N–H and O–H groups in total. The number of carbonyl (C=O) groups excluding carboxylic acids is 3. The van der Waals surface area contributed by atoms with Crippen LogP contribution in [0.3, 0.4) is 0 Å². The molecule has 5 rings (SSSR count). The van der Waals surface area contributed by atoms with E-state index < -0.39 is 119 Å². The van der Waals surface area contributed by atoms with Crippen LogP contribution < -0.4 is 20.5 Å². The zero-order valence-electron chi connectivity index (χ0n) is 48.0. The van der Waals surface area contributed by atoms with Gasteiger partial charge in [-0.3, -0.25) is 23.9 Å². The minimum atomic E-state index is -2.03. The molecule has 1 aromatic carbocycles. The number of Topliss-reactive ketones (excluding diaryl/α,β-unsaturated/α-hetero) is 1. The minimum Gasteiger partial charge on any atom is -0.492 e. The van der Waals surface area contributed by atoms with E-state index in [1.165, 1.54) is 40.3 Å². The number of likely N-dealkylation sites (N-methyl/N-ethyl adjacent to an activating group) is 1. The fourth-order valence-electron chi connectivity index (χ4n) is 11.4. The number of pyridine rings is 1. The molecule has 22 heteroatoms. The lowest BCUT2D eigenvalue weighted by Gasteiger charge is -2.50. The molecule has 4 heterocycles. The smallest absolute Gasteiger partial charge is 0.341 e. The number of esters is 2. The number of cyclic esters (lactones) is 1. The predicted molar refractivity (Wildman–Crippen MR) is 283 cm³/mol. The molecule has 0 aliphatic carbocycles. The first kappa shape index (κ1) is 63.5. The van der Waals surface area contributed by atoms with Crippen LogP contribution in [-0.4, -0.2) is 200 Å². The number of nitrogens with zero attached hydrogens (tertiary/aromatic N) is 3. The summed E-state index contributed by atoms with van der Waals surface area (Å²) >= 11 is 0. The van der Waals surface area contributed by atoms with Crippen LogP contribution in [0.2, 0.25) is 0 Å². The third-order valence-corrected chi connectivity index (χ3v) is 16.2. The van der Waals surface area contributed by atoms with Crippen molar-refractivity contribution in [3.8, 4) is 5.75 Å². The Balaban J connectivity index is 1.35. The largest absolute Gasteiger partial charge is 0.492 e. The number of methoxy groups -OCH3 is 2. The summed E-state index contributed by atoms with van der Waals surface area (Å²) in [7, 11) is 10.1. The van der Waals surface area contributed by atoms with Crippen molar-refractivity contribution < 1.29 is 82.2 Å². The number of rotatable bonds is 18. The minimum absolute atomic E-state index is 0.0158. The molecule has 22 nitrogen and oxygen atoms in total. The first-order valence-electron chi connectivity index (χ1n) is 26.8. The van der Waals surface area contributed by atoms with Crippen molar-refractivity contribution in [1.82, 2.24) is 14.9 Å². The fraction of sp³-hybridized carbons (Fsp3) is 0.764. The molecule has 3 aliphatic heterocycles. The molecular weight excluding hydrogens is 1000 g/mol. The number of hydrogen-bond donors (Lipinski definition) is 5. The number of ketones is 1. The third-order valence-electron chi connectivity index (χ3n) is 16.2. The number of aliphatic hydroxyl groups excluding tert-OH is 2. The first-order valence-corrected chi connectivity index (χ1v) is 26.8. The van der Waals surface area contributed by atoms with Crippen LogP contribution in [-0.2, 0) is 52.3 Å². The van der Waals surface area contributed by atoms with Crippen LogP contribution >= 0.6 is 0 Å². The van der Waals surface area contributed by atoms with Crippen molar-refractivity contribution in [3.63, 3.8) is 0 Å². The van der Waals surface area contributed by atoms with E-state index in [0.717, 1.165) is 0 Å². The lowest BCUT2D eigenvalue weighted by molar-refractivity contribution is -0.320. The average Bonchev–Trinajstić information content (AvgIpc) is 3.37. The van der Waals surface area contributed by atoms with Gasteiger partial charge in [0.15, 0.2) is 18.7 Å². The highest BCUT2D eigenvalue weighted by atomic mass is 16.7. The Hall–Kier alpha value is -4.33. The highest BCUT2D eigenvalue weighted by molar-refractivity contribution is 5.93. The van der Waals surface area contributed by atoms with Gasteiger partial charge in [-0.25, -0.2) is 4.79 Å². The number of hydrogen-bond acceptors (Lipinski definition) is 20. The number of ether oxygens (including phenoxy) is 9. The van der Waals surface area contributed by atoms with Gasteiger partial charge in [0.2, 0.25) is 5.43 Å². The van der Waals surface area contributed by atoms with E-state index in [2.05, 4.69) is 5.32 Å². The molecule has 0 bridgehead atoms. The van der Waals surface area contributed by atoms with Crippen molar-refractivity contribution >= 4 is 34.6 Å². The second-order valence-corrected chi connectivity index (χ2v) is 22.5. The van der Waals surface area contributed by atoms with Crippen LogP contribution in [0, 0.1) is 23.7 Å². The van der Waals surface area contributed by atoms with E-state index >= 15 is 0 Å². The van der Waals surface area contributed by atoms with Crippen molar-refractivity contribution in [1.29, 1.82) is 0 Å². The molecule has 77 heavy (non-hydrogen) atoms. The van der Waals surface area contributed by atoms with Gasteiger partial charge in [0, 0.05) is 89.3 Å². The Labute approximate surface area is 452 Å². The van der Waals surface area contributed by atoms with Gasteiger partial charge in [-0.1, -0.05) is 27.7 Å². The summed E-state index contributed by atoms with van der Waals surface area (Å²) < 4.78 is 58.7. The van der Waals surface area contributed by atoms with Crippen molar-refractivity contribution in [2.24, 2.45) is 23.7 Å². The van der Waals surface area contributed by atoms with Gasteiger partial charge in [-0.05, 0) is 87.0 Å². The molecule has 3 saturated heterocycles. The van der Waals surface area contributed by atoms with Gasteiger partial charge in [0.05, 0.1) is 54.0 Å². The molecule has 0 saturated carbocycles. The van der Waals surface area contributed by atoms with Crippen LogP contribution in [0.5, 0.6) is 5.75 Å². The molecule has 1 aromatic heterocycles. The molecule has 0 unspecified atom stereocenters. The first-order chi connectivity index (χ1) is 36.0. The zero-order valence-corrected chi connectivity index (χ0v) is 48.0. The lowest BCUT2D eigenvalue weighted by atomic mass is 9.74. The van der Waals surface area contributed by atoms with Gasteiger partial charge >= 0.3 is 17.9 Å². The molecule has 2 aromatic rings. The van der Waals surface area contributed by atoms with Crippen LogP contribution in [0.1, 0.15) is 112 Å². The fourth-order valence-corrected chi connectivity index (χ4v) is 11.4. The molecule has 0 amide bonds. The zero-order chi connectivity index (χ0) is 57.6. The number of aromatic carboxylic acids is 1. The Morgan fingerprint density at radius 1 is 0.883 bits per heavy atom. The van der Waals surface area contributed by atoms with Gasteiger partial charge in [-0.2, -0.15) is 0 Å². The van der Waals surface area contributed by atoms with Crippen LogP contribution in [0.15, 0.2) is 29.2 Å². The second kappa shape index (κ2) is 26.3. The Kier molecular flexibility index (Phi) is 21.7. The molecular formula is C55H88N4O18. The molecule has 3 fully saturated rings. The standard InChI is InChI=1S/C55H88N4O18/c1-17-40-55(10,68)47(64)31(4)43(61)29(2)26-53(8,69-15)48(77-52-45(63)39(57(11)12)24-30(3)72-52)32(5)46(33(6)51(67)74-40)76-42-27-54(9,70-16)49(34(7)73-42)75-41(60)20-21-56-22-23-71-35-18-19-36-38(25-35)59(58(13)14)28-37(44(36)62)50(65)66/h18-19,25,28-34,39-40,42,45-49,52,56,63-64,68H,17,20-24,26-27H2,1-16H3,(H,65,66)/t29-,30-,31+,32+,33-,34+,39+,40-,42+,45-,46+,47-,48-,49+,52+,53-,54-,55-/m1/s1. The third kappa shape index (κ3) is 14.4. The number of carbonyl (C=O) groups is 4. The molecule has 436 valence electrons. The van der Waals surface area contributed by atoms with E-state index in [9.17, 15) is 44.4 Å². The normalized spacial score (nSPS) is 36.8. The Morgan fingerprint density at radius 3 is 2.13 bits per heavy atom. The van der Waals surface area contributed by atoms with Gasteiger partial charge in [0.25, 0.3) is 0 Å². The Bertz CT molecular complexity index is 2400. The highest BCUT2D eigenvalue weighted by Crippen LogP contribution is 2.42. The molecule has 0 spiro atoms. The summed E-state index contributed by atoms with van der Waals surface area (Å²) in [6.07, 6.45) is -8.47. The number of benzene rings is 1. The molecule has 18 atom stereocenters. The summed E-state index contributed by atoms with van der Waals surface area (Å²) in [4.78, 5) is 68.7. The van der Waals surface area contributed by atoms with E-state index in [1.807, 2.05) is 32.8 Å². The highest BCUT2D eigenvalue weighted by Gasteiger charge is 2.55. The second-order valence-electron chi connectivity index (χ2n) is 22.5. The number of carboxylic acids is 1. The van der Waals surface area contributed by atoms with E-state index in [4.69, 9.17) is 42.6 Å². The quantitative estimate of drug-likeness (QED) is 0.106. The maximum Gasteiger partial charge on any atom is 0.341 e. The van der Waals surface area contributed by atoms with E-state index in [-0.39, 0.29) is 67.7 Å². The van der Waals surface area contributed by atoms with Gasteiger partial charge < -0.3 is 78.3 Å². The summed E-state index contributed by atoms with van der Waals surface area (Å²) in [5.74, 6) is -6.27. The maximum absolute atomic E-state index is 14.6. The summed E-state index contributed by atoms with van der Waals surface area (Å²) in [5, 5.41) is 49.8.